The van der Waals surface area contributed by atoms with Gasteiger partial charge in [-0.05, 0) is 42.5 Å². The molecular formula is C22H21N5O4S. The summed E-state index contributed by atoms with van der Waals surface area (Å²) in [5, 5.41) is 15.1. The first kappa shape index (κ1) is 21.4. The van der Waals surface area contributed by atoms with Crippen LogP contribution >= 0.6 is 12.2 Å². The molecule has 3 aromatic rings. The number of aromatic nitrogens is 2. The minimum Gasteiger partial charge on any atom is -0.469 e. The van der Waals surface area contributed by atoms with E-state index in [0.717, 1.165) is 11.4 Å². The smallest absolute Gasteiger partial charge is 0.307 e. The molecule has 0 bridgehead atoms. The molecule has 4 rings (SSSR count). The molecule has 0 unspecified atom stereocenters. The minimum atomic E-state index is -0.418. The van der Waals surface area contributed by atoms with Gasteiger partial charge in [0.05, 0.1) is 41.9 Å². The molecule has 0 amide bonds. The number of hydrogen-bond donors (Lipinski definition) is 1. The van der Waals surface area contributed by atoms with E-state index in [1.54, 1.807) is 12.3 Å². The van der Waals surface area contributed by atoms with Crippen LogP contribution in [0.2, 0.25) is 0 Å². The summed E-state index contributed by atoms with van der Waals surface area (Å²) in [5.74, 6) is -0.332. The average molecular weight is 452 g/mol. The van der Waals surface area contributed by atoms with Crippen molar-refractivity contribution in [3.63, 3.8) is 0 Å². The van der Waals surface area contributed by atoms with Crippen molar-refractivity contribution in [3.8, 4) is 5.69 Å². The molecule has 10 heteroatoms. The van der Waals surface area contributed by atoms with Crippen molar-refractivity contribution in [1.82, 2.24) is 19.8 Å². The van der Waals surface area contributed by atoms with E-state index in [0.29, 0.717) is 17.3 Å². The summed E-state index contributed by atoms with van der Waals surface area (Å²) in [6, 6.07) is 15.4. The number of non-ortho nitro benzene ring substituents is 1. The molecule has 1 N–H and O–H groups in total. The lowest BCUT2D eigenvalue weighted by molar-refractivity contribution is -0.384. The van der Waals surface area contributed by atoms with Crippen LogP contribution in [0.3, 0.4) is 0 Å². The van der Waals surface area contributed by atoms with Crippen molar-refractivity contribution in [1.29, 1.82) is 0 Å². The zero-order valence-electron chi connectivity index (χ0n) is 17.2. The fourth-order valence-corrected chi connectivity index (χ4v) is 4.24. The Morgan fingerprint density at radius 3 is 2.81 bits per heavy atom. The molecule has 164 valence electrons. The van der Waals surface area contributed by atoms with E-state index < -0.39 is 4.92 Å². The number of nitro groups is 1. The Morgan fingerprint density at radius 1 is 1.25 bits per heavy atom. The highest BCUT2D eigenvalue weighted by atomic mass is 32.1. The molecule has 2 aromatic heterocycles. The van der Waals surface area contributed by atoms with Crippen molar-refractivity contribution in [2.45, 2.75) is 18.5 Å². The number of nitrogens with zero attached hydrogens (tertiary/aromatic N) is 4. The van der Waals surface area contributed by atoms with Crippen LogP contribution in [0.5, 0.6) is 0 Å². The number of carbonyl (C=O) groups excluding carboxylic acids is 1. The first-order chi connectivity index (χ1) is 15.5. The van der Waals surface area contributed by atoms with Crippen LogP contribution < -0.4 is 5.32 Å². The molecule has 3 heterocycles. The van der Waals surface area contributed by atoms with Crippen LogP contribution in [0.15, 0.2) is 67.0 Å². The fourth-order valence-electron chi connectivity index (χ4n) is 3.91. The molecule has 1 aliphatic heterocycles. The summed E-state index contributed by atoms with van der Waals surface area (Å²) >= 11 is 5.61. The topological polar surface area (TPSA) is 103 Å². The van der Waals surface area contributed by atoms with E-state index in [4.69, 9.17) is 17.0 Å². The molecule has 9 nitrogen and oxygen atoms in total. The molecule has 0 saturated carbocycles. The second-order valence-corrected chi connectivity index (χ2v) is 7.61. The van der Waals surface area contributed by atoms with E-state index in [1.165, 1.54) is 19.2 Å². The van der Waals surface area contributed by atoms with Gasteiger partial charge in [-0.25, -0.2) is 0 Å². The number of nitrogens with one attached hydrogen (secondary N) is 1. The third-order valence-electron chi connectivity index (χ3n) is 5.38. The summed E-state index contributed by atoms with van der Waals surface area (Å²) in [6.45, 7) is 0.354. The van der Waals surface area contributed by atoms with Crippen LogP contribution in [-0.2, 0) is 9.53 Å². The molecule has 1 fully saturated rings. The second kappa shape index (κ2) is 9.15. The molecule has 0 radical (unpaired) electrons. The van der Waals surface area contributed by atoms with Gasteiger partial charge < -0.3 is 19.5 Å². The number of carbonyl (C=O) groups is 1. The van der Waals surface area contributed by atoms with Crippen LogP contribution in [0.25, 0.3) is 5.69 Å². The number of pyridine rings is 1. The van der Waals surface area contributed by atoms with Crippen molar-refractivity contribution < 1.29 is 14.5 Å². The fraction of sp³-hybridized carbons (Fsp3) is 0.227. The van der Waals surface area contributed by atoms with Gasteiger partial charge in [0.15, 0.2) is 5.11 Å². The van der Waals surface area contributed by atoms with Crippen molar-refractivity contribution in [3.05, 3.63) is 88.5 Å². The van der Waals surface area contributed by atoms with E-state index in [9.17, 15) is 14.9 Å². The number of benzene rings is 1. The van der Waals surface area contributed by atoms with Crippen molar-refractivity contribution in [2.24, 2.45) is 0 Å². The average Bonchev–Trinajstić information content (AvgIpc) is 3.42. The lowest BCUT2D eigenvalue weighted by atomic mass is 10.0. The van der Waals surface area contributed by atoms with E-state index in [1.807, 2.05) is 52.1 Å². The number of hydrogen-bond acceptors (Lipinski definition) is 6. The SMILES string of the molecule is COC(=O)CCN1C(=S)N[C@H](c2ccccn2)[C@@H]1c1cccn1-c1cccc([N+](=O)[O-])c1. The first-order valence-corrected chi connectivity index (χ1v) is 10.4. The maximum absolute atomic E-state index is 11.8. The van der Waals surface area contributed by atoms with Gasteiger partial charge >= 0.3 is 5.97 Å². The summed E-state index contributed by atoms with van der Waals surface area (Å²) in [6.07, 6.45) is 3.73. The van der Waals surface area contributed by atoms with Gasteiger partial charge in [-0.2, -0.15) is 0 Å². The quantitative estimate of drug-likeness (QED) is 0.253. The number of thiocarbonyl (C=S) groups is 1. The lowest BCUT2D eigenvalue weighted by Crippen LogP contribution is -2.32. The number of rotatable bonds is 7. The summed E-state index contributed by atoms with van der Waals surface area (Å²) in [7, 11) is 1.35. The Balaban J connectivity index is 1.77. The highest BCUT2D eigenvalue weighted by Crippen LogP contribution is 2.39. The maximum Gasteiger partial charge on any atom is 0.307 e. The number of nitro benzene ring substituents is 1. The van der Waals surface area contributed by atoms with Gasteiger partial charge in [0.2, 0.25) is 0 Å². The lowest BCUT2D eigenvalue weighted by Gasteiger charge is -2.28. The van der Waals surface area contributed by atoms with Crippen LogP contribution in [0, 0.1) is 10.1 Å². The molecule has 2 atom stereocenters. The molecule has 1 aliphatic rings. The molecular weight excluding hydrogens is 430 g/mol. The number of esters is 1. The Bertz CT molecular complexity index is 1150. The molecule has 1 aromatic carbocycles. The Hall–Kier alpha value is -3.79. The predicted molar refractivity (Wildman–Crippen MR) is 121 cm³/mol. The summed E-state index contributed by atoms with van der Waals surface area (Å²) in [5.41, 5.74) is 2.32. The molecule has 0 spiro atoms. The highest BCUT2D eigenvalue weighted by molar-refractivity contribution is 7.80. The van der Waals surface area contributed by atoms with Gasteiger partial charge in [0.1, 0.15) is 0 Å². The molecule has 0 aliphatic carbocycles. The minimum absolute atomic E-state index is 0.00559. The summed E-state index contributed by atoms with van der Waals surface area (Å²) < 4.78 is 6.70. The maximum atomic E-state index is 11.8. The van der Waals surface area contributed by atoms with Crippen LogP contribution in [0.4, 0.5) is 5.69 Å². The Kier molecular flexibility index (Phi) is 6.13. The van der Waals surface area contributed by atoms with E-state index in [2.05, 4.69) is 10.3 Å². The Labute approximate surface area is 189 Å². The predicted octanol–water partition coefficient (Wildman–Crippen LogP) is 3.32. The third-order valence-corrected chi connectivity index (χ3v) is 5.74. The number of methoxy groups -OCH3 is 1. The standard InChI is InChI=1S/C22H21N5O4S/c1-31-19(28)10-13-26-21(20(24-22(26)32)17-8-2-3-11-23-17)18-9-5-12-25(18)15-6-4-7-16(14-15)27(29)30/h2-9,11-12,14,20-21H,10,13H2,1H3,(H,24,32)/t20-,21+/m1/s1. The highest BCUT2D eigenvalue weighted by Gasteiger charge is 2.41. The van der Waals surface area contributed by atoms with Crippen molar-refractivity contribution in [2.75, 3.05) is 13.7 Å². The van der Waals surface area contributed by atoms with Gasteiger partial charge in [-0.3, -0.25) is 19.9 Å². The molecule has 32 heavy (non-hydrogen) atoms. The van der Waals surface area contributed by atoms with E-state index in [-0.39, 0.29) is 30.2 Å². The summed E-state index contributed by atoms with van der Waals surface area (Å²) in [4.78, 5) is 29.1. The Morgan fingerprint density at radius 2 is 2.09 bits per heavy atom. The molecule has 1 saturated heterocycles. The van der Waals surface area contributed by atoms with Gasteiger partial charge in [0, 0.05) is 36.8 Å². The van der Waals surface area contributed by atoms with Gasteiger partial charge in [-0.1, -0.05) is 12.1 Å². The zero-order chi connectivity index (χ0) is 22.7. The normalized spacial score (nSPS) is 17.8. The van der Waals surface area contributed by atoms with Crippen LogP contribution in [0.1, 0.15) is 29.9 Å². The zero-order valence-corrected chi connectivity index (χ0v) is 18.1. The number of ether oxygens (including phenoxy) is 1. The van der Waals surface area contributed by atoms with E-state index >= 15 is 0 Å². The van der Waals surface area contributed by atoms with Gasteiger partial charge in [0.25, 0.3) is 5.69 Å². The van der Waals surface area contributed by atoms with Gasteiger partial charge in [-0.15, -0.1) is 0 Å². The second-order valence-electron chi connectivity index (χ2n) is 7.23. The monoisotopic (exact) mass is 451 g/mol. The third kappa shape index (κ3) is 4.17. The van der Waals surface area contributed by atoms with Crippen LogP contribution in [-0.4, -0.2) is 44.1 Å². The largest absolute Gasteiger partial charge is 0.469 e. The first-order valence-electron chi connectivity index (χ1n) is 9.96. The van der Waals surface area contributed by atoms with Crippen molar-refractivity contribution >= 4 is 29.0 Å².